The third-order valence-corrected chi connectivity index (χ3v) is 5.70. The number of hydrogen-bond acceptors (Lipinski definition) is 4. The maximum Gasteiger partial charge on any atom is 0.338 e. The van der Waals surface area contributed by atoms with Gasteiger partial charge in [0.15, 0.2) is 0 Å². The summed E-state index contributed by atoms with van der Waals surface area (Å²) in [6.45, 7) is 5.28. The van der Waals surface area contributed by atoms with Gasteiger partial charge < -0.3 is 4.74 Å². The Morgan fingerprint density at radius 1 is 0.774 bits per heavy atom. The number of aromatic nitrogens is 2. The zero-order valence-electron chi connectivity index (χ0n) is 17.1. The van der Waals surface area contributed by atoms with Crippen molar-refractivity contribution in [3.8, 4) is 17.1 Å². The summed E-state index contributed by atoms with van der Waals surface area (Å²) in [4.78, 5) is 21.3. The number of carbonyl (C=O) groups is 1. The van der Waals surface area contributed by atoms with E-state index >= 15 is 0 Å². The first kappa shape index (κ1) is 18.9. The fourth-order valence-electron chi connectivity index (χ4n) is 4.38. The molecule has 0 saturated carbocycles. The molecule has 0 bridgehead atoms. The topological polar surface area (TPSA) is 52.1 Å². The van der Waals surface area contributed by atoms with E-state index in [2.05, 4.69) is 40.8 Å². The zero-order chi connectivity index (χ0) is 21.4. The highest BCUT2D eigenvalue weighted by atomic mass is 16.5. The lowest BCUT2D eigenvalue weighted by molar-refractivity contribution is -0.130. The van der Waals surface area contributed by atoms with Crippen molar-refractivity contribution < 1.29 is 9.53 Å². The van der Waals surface area contributed by atoms with Crippen LogP contribution in [0.25, 0.3) is 11.4 Å². The van der Waals surface area contributed by atoms with Crippen LogP contribution in [0.15, 0.2) is 103 Å². The largest absolute Gasteiger partial charge is 0.423 e. The fraction of sp³-hybridized carbons (Fsp3) is 0.0741. The molecule has 31 heavy (non-hydrogen) atoms. The molecule has 0 amide bonds. The normalized spacial score (nSPS) is 13.2. The molecule has 1 aliphatic rings. The van der Waals surface area contributed by atoms with Gasteiger partial charge in [-0.2, -0.15) is 0 Å². The number of ether oxygens (including phenoxy) is 1. The third kappa shape index (κ3) is 2.88. The molecule has 0 unspecified atom stereocenters. The summed E-state index contributed by atoms with van der Waals surface area (Å²) in [7, 11) is 0. The SMILES string of the molecule is C=C(C)C(=O)Oc1ccc(C2(c3ccccc3)c3cccnc3-c3ncccc32)cc1. The van der Waals surface area contributed by atoms with Crippen LogP contribution in [0.2, 0.25) is 0 Å². The van der Waals surface area contributed by atoms with E-state index in [0.717, 1.165) is 33.6 Å². The molecule has 150 valence electrons. The van der Waals surface area contributed by atoms with Crippen molar-refractivity contribution in [3.63, 3.8) is 0 Å². The number of pyridine rings is 2. The van der Waals surface area contributed by atoms with Gasteiger partial charge in [-0.1, -0.05) is 61.2 Å². The van der Waals surface area contributed by atoms with Crippen molar-refractivity contribution in [2.45, 2.75) is 12.3 Å². The number of nitrogens with zero attached hydrogens (tertiary/aromatic N) is 2. The van der Waals surface area contributed by atoms with Gasteiger partial charge in [0.1, 0.15) is 5.75 Å². The molecule has 0 radical (unpaired) electrons. The molecule has 4 nitrogen and oxygen atoms in total. The predicted octanol–water partition coefficient (Wildman–Crippen LogP) is 5.32. The average molecular weight is 404 g/mol. The highest BCUT2D eigenvalue weighted by Crippen LogP contribution is 2.54. The van der Waals surface area contributed by atoms with Crippen molar-refractivity contribution in [2.24, 2.45) is 0 Å². The molecule has 2 aromatic heterocycles. The second-order valence-corrected chi connectivity index (χ2v) is 7.61. The lowest BCUT2D eigenvalue weighted by Crippen LogP contribution is -2.28. The molecule has 1 aliphatic carbocycles. The Morgan fingerprint density at radius 2 is 1.32 bits per heavy atom. The van der Waals surface area contributed by atoms with E-state index in [-0.39, 0.29) is 0 Å². The highest BCUT2D eigenvalue weighted by molar-refractivity contribution is 5.88. The first-order valence-electron chi connectivity index (χ1n) is 10.1. The Morgan fingerprint density at radius 3 is 1.87 bits per heavy atom. The smallest absolute Gasteiger partial charge is 0.338 e. The Balaban J connectivity index is 1.76. The number of esters is 1. The van der Waals surface area contributed by atoms with E-state index < -0.39 is 11.4 Å². The lowest BCUT2D eigenvalue weighted by atomic mass is 9.68. The van der Waals surface area contributed by atoms with Gasteiger partial charge in [-0.15, -0.1) is 0 Å². The number of hydrogen-bond donors (Lipinski definition) is 0. The standard InChI is InChI=1S/C27H20N2O2/c1-18(2)26(30)31-21-14-12-20(13-15-21)27(19-8-4-3-5-9-19)22-10-6-16-28-24(22)25-23(27)11-7-17-29-25/h3-17H,1H2,2H3. The van der Waals surface area contributed by atoms with Gasteiger partial charge >= 0.3 is 5.97 Å². The summed E-state index contributed by atoms with van der Waals surface area (Å²) in [6, 6.07) is 26.2. The second-order valence-electron chi connectivity index (χ2n) is 7.61. The first-order valence-corrected chi connectivity index (χ1v) is 10.1. The van der Waals surface area contributed by atoms with Crippen molar-refractivity contribution in [1.82, 2.24) is 9.97 Å². The summed E-state index contributed by atoms with van der Waals surface area (Å²) in [5, 5.41) is 0. The summed E-state index contributed by atoms with van der Waals surface area (Å²) in [5.74, 6) is 0.0475. The molecule has 0 saturated heterocycles. The highest BCUT2D eigenvalue weighted by Gasteiger charge is 2.47. The Bertz CT molecular complexity index is 1250. The number of rotatable bonds is 4. The maximum absolute atomic E-state index is 11.9. The third-order valence-electron chi connectivity index (χ3n) is 5.70. The molecular formula is C27H20N2O2. The van der Waals surface area contributed by atoms with Crippen LogP contribution in [-0.2, 0) is 10.2 Å². The van der Waals surface area contributed by atoms with Crippen molar-refractivity contribution in [1.29, 1.82) is 0 Å². The van der Waals surface area contributed by atoms with E-state index in [4.69, 9.17) is 4.74 Å². The van der Waals surface area contributed by atoms with Gasteiger partial charge in [0, 0.05) is 18.0 Å². The van der Waals surface area contributed by atoms with Crippen LogP contribution in [-0.4, -0.2) is 15.9 Å². The van der Waals surface area contributed by atoms with E-state index in [1.165, 1.54) is 0 Å². The lowest BCUT2D eigenvalue weighted by Gasteiger charge is -2.33. The van der Waals surface area contributed by atoms with Crippen LogP contribution < -0.4 is 4.74 Å². The van der Waals surface area contributed by atoms with E-state index in [1.54, 1.807) is 19.3 Å². The summed E-state index contributed by atoms with van der Waals surface area (Å²) in [6.07, 6.45) is 3.61. The molecule has 2 heterocycles. The maximum atomic E-state index is 11.9. The Hall–Kier alpha value is -4.05. The zero-order valence-corrected chi connectivity index (χ0v) is 17.1. The van der Waals surface area contributed by atoms with Crippen LogP contribution in [0.1, 0.15) is 29.2 Å². The molecule has 4 heteroatoms. The number of fused-ring (bicyclic) bond motifs is 3. The van der Waals surface area contributed by atoms with Crippen molar-refractivity contribution in [3.05, 3.63) is 126 Å². The van der Waals surface area contributed by atoms with E-state index in [1.807, 2.05) is 54.6 Å². The van der Waals surface area contributed by atoms with Gasteiger partial charge in [0.25, 0.3) is 0 Å². The number of benzene rings is 2. The first-order chi connectivity index (χ1) is 15.1. The summed E-state index contributed by atoms with van der Waals surface area (Å²) >= 11 is 0. The van der Waals surface area contributed by atoms with Gasteiger partial charge in [-0.25, -0.2) is 4.79 Å². The Labute approximate surface area is 180 Å². The Kier molecular flexibility index (Phi) is 4.48. The molecule has 0 N–H and O–H groups in total. The summed E-state index contributed by atoms with van der Waals surface area (Å²) < 4.78 is 5.41. The van der Waals surface area contributed by atoms with Crippen molar-refractivity contribution >= 4 is 5.97 Å². The van der Waals surface area contributed by atoms with Gasteiger partial charge in [0.2, 0.25) is 0 Å². The summed E-state index contributed by atoms with van der Waals surface area (Å²) in [5.41, 5.74) is 5.92. The quantitative estimate of drug-likeness (QED) is 0.231. The van der Waals surface area contributed by atoms with Crippen LogP contribution in [0.3, 0.4) is 0 Å². The molecule has 0 spiro atoms. The monoisotopic (exact) mass is 404 g/mol. The van der Waals surface area contributed by atoms with Gasteiger partial charge in [0.05, 0.1) is 16.8 Å². The van der Waals surface area contributed by atoms with Crippen LogP contribution in [0.5, 0.6) is 5.75 Å². The minimum absolute atomic E-state index is 0.362. The molecular weight excluding hydrogens is 384 g/mol. The second kappa shape index (κ2) is 7.33. The van der Waals surface area contributed by atoms with Crippen LogP contribution in [0, 0.1) is 0 Å². The molecule has 0 fully saturated rings. The molecule has 2 aromatic carbocycles. The number of carbonyl (C=O) groups excluding carboxylic acids is 1. The molecule has 0 atom stereocenters. The minimum Gasteiger partial charge on any atom is -0.423 e. The van der Waals surface area contributed by atoms with Crippen LogP contribution in [0.4, 0.5) is 0 Å². The van der Waals surface area contributed by atoms with Crippen molar-refractivity contribution in [2.75, 3.05) is 0 Å². The van der Waals surface area contributed by atoms with Gasteiger partial charge in [-0.3, -0.25) is 9.97 Å². The predicted molar refractivity (Wildman–Crippen MR) is 120 cm³/mol. The van der Waals surface area contributed by atoms with E-state index in [0.29, 0.717) is 11.3 Å². The molecule has 5 rings (SSSR count). The molecule has 4 aromatic rings. The molecule has 0 aliphatic heterocycles. The van der Waals surface area contributed by atoms with Gasteiger partial charge in [-0.05, 0) is 53.4 Å². The fourth-order valence-corrected chi connectivity index (χ4v) is 4.38. The van der Waals surface area contributed by atoms with Crippen LogP contribution >= 0.6 is 0 Å². The van der Waals surface area contributed by atoms with E-state index in [9.17, 15) is 4.79 Å². The average Bonchev–Trinajstić information content (AvgIpc) is 3.11. The minimum atomic E-state index is -0.564.